The van der Waals surface area contributed by atoms with E-state index in [1.165, 1.54) is 16.4 Å². The molecule has 1 aliphatic heterocycles. The molecule has 1 fully saturated rings. The van der Waals surface area contributed by atoms with Crippen LogP contribution in [0.25, 0.3) is 10.8 Å². The maximum absolute atomic E-state index is 13.2. The van der Waals surface area contributed by atoms with Crippen LogP contribution in [0.4, 0.5) is 4.39 Å². The molecule has 0 aliphatic carbocycles. The number of nitrogens with one attached hydrogen (secondary N) is 1. The fourth-order valence-corrected chi connectivity index (χ4v) is 5.58. The molecule has 0 bridgehead atoms. The predicted octanol–water partition coefficient (Wildman–Crippen LogP) is 2.56. The molecule has 3 aromatic rings. The number of hydrogen-bond acceptors (Lipinski definition) is 4. The van der Waals surface area contributed by atoms with E-state index in [4.69, 9.17) is 0 Å². The highest BCUT2D eigenvalue weighted by molar-refractivity contribution is 7.89. The average Bonchev–Trinajstić information content (AvgIpc) is 3.10. The van der Waals surface area contributed by atoms with Crippen LogP contribution < -0.4 is 5.32 Å². The van der Waals surface area contributed by atoms with Crippen LogP contribution in [-0.2, 0) is 26.0 Å². The van der Waals surface area contributed by atoms with Crippen molar-refractivity contribution in [1.82, 2.24) is 14.5 Å². The van der Waals surface area contributed by atoms with Gasteiger partial charge in [-0.15, -0.1) is 0 Å². The number of benzene rings is 3. The summed E-state index contributed by atoms with van der Waals surface area (Å²) < 4.78 is 40.2. The Bertz CT molecular complexity index is 1290. The van der Waals surface area contributed by atoms with Crippen molar-refractivity contribution in [2.75, 3.05) is 32.7 Å². The molecule has 178 valence electrons. The molecular formula is C25H26FN3O4S. The van der Waals surface area contributed by atoms with Crippen LogP contribution in [0.3, 0.4) is 0 Å². The van der Waals surface area contributed by atoms with Gasteiger partial charge in [0.05, 0.1) is 17.9 Å². The van der Waals surface area contributed by atoms with E-state index in [9.17, 15) is 22.4 Å². The van der Waals surface area contributed by atoms with E-state index in [2.05, 4.69) is 5.32 Å². The third-order valence-corrected chi connectivity index (χ3v) is 7.84. The third kappa shape index (κ3) is 5.43. The summed E-state index contributed by atoms with van der Waals surface area (Å²) in [5.41, 5.74) is 0.888. The van der Waals surface area contributed by atoms with E-state index in [-0.39, 0.29) is 49.3 Å². The summed E-state index contributed by atoms with van der Waals surface area (Å²) in [5.74, 6) is -1.01. The van der Waals surface area contributed by atoms with Crippen molar-refractivity contribution in [3.63, 3.8) is 0 Å². The molecule has 1 aliphatic rings. The van der Waals surface area contributed by atoms with Crippen molar-refractivity contribution in [3.8, 4) is 0 Å². The highest BCUT2D eigenvalue weighted by Gasteiger charge is 2.28. The highest BCUT2D eigenvalue weighted by Crippen LogP contribution is 2.20. The average molecular weight is 484 g/mol. The Morgan fingerprint density at radius 3 is 2.41 bits per heavy atom. The lowest BCUT2D eigenvalue weighted by Crippen LogP contribution is -2.42. The van der Waals surface area contributed by atoms with Crippen LogP contribution in [0.5, 0.6) is 0 Å². The van der Waals surface area contributed by atoms with E-state index in [1.54, 1.807) is 4.90 Å². The van der Waals surface area contributed by atoms with E-state index in [0.717, 1.165) is 28.5 Å². The van der Waals surface area contributed by atoms with Crippen molar-refractivity contribution in [2.24, 2.45) is 0 Å². The Labute approximate surface area is 198 Å². The molecule has 0 radical (unpaired) electrons. The lowest BCUT2D eigenvalue weighted by Gasteiger charge is -2.22. The Balaban J connectivity index is 1.31. The summed E-state index contributed by atoms with van der Waals surface area (Å²) in [5, 5.41) is 4.74. The molecule has 1 saturated heterocycles. The summed E-state index contributed by atoms with van der Waals surface area (Å²) >= 11 is 0. The minimum absolute atomic E-state index is 0.0226. The zero-order valence-electron chi connectivity index (χ0n) is 18.6. The van der Waals surface area contributed by atoms with Gasteiger partial charge in [-0.25, -0.2) is 12.8 Å². The van der Waals surface area contributed by atoms with Crippen LogP contribution in [0.2, 0.25) is 0 Å². The first-order valence-electron chi connectivity index (χ1n) is 11.1. The molecule has 0 unspecified atom stereocenters. The van der Waals surface area contributed by atoms with Crippen molar-refractivity contribution in [3.05, 3.63) is 78.1 Å². The molecule has 1 N–H and O–H groups in total. The van der Waals surface area contributed by atoms with Crippen LogP contribution in [0, 0.1) is 5.82 Å². The van der Waals surface area contributed by atoms with Crippen molar-refractivity contribution >= 4 is 32.6 Å². The van der Waals surface area contributed by atoms with Gasteiger partial charge in [0.2, 0.25) is 21.8 Å². The Hall–Kier alpha value is -3.30. The van der Waals surface area contributed by atoms with Crippen molar-refractivity contribution in [1.29, 1.82) is 0 Å². The Kier molecular flexibility index (Phi) is 7.23. The van der Waals surface area contributed by atoms with E-state index in [1.807, 2.05) is 42.5 Å². The smallest absolute Gasteiger partial charge is 0.243 e. The number of hydrogen-bond donors (Lipinski definition) is 1. The number of rotatable bonds is 6. The number of fused-ring (bicyclic) bond motifs is 1. The van der Waals surface area contributed by atoms with Crippen LogP contribution in [0.1, 0.15) is 12.0 Å². The van der Waals surface area contributed by atoms with Gasteiger partial charge in [0.1, 0.15) is 5.82 Å². The van der Waals surface area contributed by atoms with Gasteiger partial charge in [0, 0.05) is 26.2 Å². The monoisotopic (exact) mass is 483 g/mol. The molecule has 0 spiro atoms. The molecule has 0 aromatic heterocycles. The lowest BCUT2D eigenvalue weighted by atomic mass is 10.0. The number of halogens is 1. The standard InChI is InChI=1S/C25H26FN3O4S/c26-21-9-11-22(12-10-21)34(32,33)29-14-4-13-28(15-16-29)25(31)18-27-24(30)17-20-7-3-6-19-5-1-2-8-23(19)20/h1-3,5-12H,4,13-18H2,(H,27,30). The van der Waals surface area contributed by atoms with Gasteiger partial charge in [-0.05, 0) is 47.0 Å². The Morgan fingerprint density at radius 2 is 1.62 bits per heavy atom. The third-order valence-electron chi connectivity index (χ3n) is 5.93. The topological polar surface area (TPSA) is 86.8 Å². The molecule has 7 nitrogen and oxygen atoms in total. The predicted molar refractivity (Wildman–Crippen MR) is 127 cm³/mol. The largest absolute Gasteiger partial charge is 0.347 e. The van der Waals surface area contributed by atoms with Crippen molar-refractivity contribution in [2.45, 2.75) is 17.7 Å². The number of nitrogens with zero attached hydrogens (tertiary/aromatic N) is 2. The van der Waals surface area contributed by atoms with Gasteiger partial charge in [-0.1, -0.05) is 42.5 Å². The number of carbonyl (C=O) groups is 2. The second-order valence-corrected chi connectivity index (χ2v) is 10.1. The summed E-state index contributed by atoms with van der Waals surface area (Å²) in [7, 11) is -3.77. The summed E-state index contributed by atoms with van der Waals surface area (Å²) in [4.78, 5) is 26.8. The first kappa shape index (κ1) is 23.8. The maximum Gasteiger partial charge on any atom is 0.243 e. The molecule has 9 heteroatoms. The molecule has 2 amide bonds. The molecule has 34 heavy (non-hydrogen) atoms. The summed E-state index contributed by atoms with van der Waals surface area (Å²) in [6.45, 7) is 0.868. The molecule has 3 aromatic carbocycles. The quantitative estimate of drug-likeness (QED) is 0.584. The van der Waals surface area contributed by atoms with Gasteiger partial charge in [-0.3, -0.25) is 9.59 Å². The lowest BCUT2D eigenvalue weighted by molar-refractivity contribution is -0.132. The first-order valence-corrected chi connectivity index (χ1v) is 12.6. The fraction of sp³-hybridized carbons (Fsp3) is 0.280. The van der Waals surface area contributed by atoms with E-state index >= 15 is 0 Å². The molecular weight excluding hydrogens is 457 g/mol. The second-order valence-electron chi connectivity index (χ2n) is 8.18. The molecule has 1 heterocycles. The van der Waals surface area contributed by atoms with Crippen molar-refractivity contribution < 1.29 is 22.4 Å². The zero-order valence-corrected chi connectivity index (χ0v) is 19.4. The summed E-state index contributed by atoms with van der Waals surface area (Å²) in [6, 6.07) is 18.3. The SMILES string of the molecule is O=C(Cc1cccc2ccccc12)NCC(=O)N1CCCN(S(=O)(=O)c2ccc(F)cc2)CC1. The first-order chi connectivity index (χ1) is 16.3. The molecule has 0 atom stereocenters. The van der Waals surface area contributed by atoms with E-state index in [0.29, 0.717) is 13.0 Å². The van der Waals surface area contributed by atoms with Gasteiger partial charge < -0.3 is 10.2 Å². The van der Waals surface area contributed by atoms with Crippen LogP contribution >= 0.6 is 0 Å². The van der Waals surface area contributed by atoms with Crippen LogP contribution in [-0.4, -0.2) is 62.2 Å². The Morgan fingerprint density at radius 1 is 0.882 bits per heavy atom. The van der Waals surface area contributed by atoms with Gasteiger partial charge in [-0.2, -0.15) is 4.31 Å². The minimum Gasteiger partial charge on any atom is -0.347 e. The van der Waals surface area contributed by atoms with Gasteiger partial charge in [0.15, 0.2) is 0 Å². The minimum atomic E-state index is -3.77. The highest BCUT2D eigenvalue weighted by atomic mass is 32.2. The second kappa shape index (κ2) is 10.3. The van der Waals surface area contributed by atoms with Gasteiger partial charge >= 0.3 is 0 Å². The molecule has 0 saturated carbocycles. The normalized spacial score (nSPS) is 15.1. The zero-order chi connectivity index (χ0) is 24.1. The fourth-order valence-electron chi connectivity index (χ4n) is 4.11. The number of amides is 2. The summed E-state index contributed by atoms with van der Waals surface area (Å²) in [6.07, 6.45) is 0.633. The molecule has 4 rings (SSSR count). The van der Waals surface area contributed by atoms with Gasteiger partial charge in [0.25, 0.3) is 0 Å². The van der Waals surface area contributed by atoms with Crippen LogP contribution in [0.15, 0.2) is 71.6 Å². The maximum atomic E-state index is 13.2. The van der Waals surface area contributed by atoms with E-state index < -0.39 is 15.8 Å². The number of sulfonamides is 1. The number of carbonyl (C=O) groups excluding carboxylic acids is 2.